The van der Waals surface area contributed by atoms with Crippen LogP contribution in [0.5, 0.6) is 0 Å². The van der Waals surface area contributed by atoms with Crippen LogP contribution in [-0.2, 0) is 4.79 Å². The van der Waals surface area contributed by atoms with E-state index < -0.39 is 12.0 Å². The number of pyridine rings is 1. The number of carbonyl (C=O) groups excluding carboxylic acids is 2. The molecular formula is C29H26N3O3-. The van der Waals surface area contributed by atoms with Crippen LogP contribution in [0.4, 0.5) is 0 Å². The highest BCUT2D eigenvalue weighted by Gasteiger charge is 2.35. The maximum Gasteiger partial charge on any atom is 0.256 e. The molecule has 1 amide bonds. The number of amides is 1. The Bertz CT molecular complexity index is 1280. The lowest BCUT2D eigenvalue weighted by molar-refractivity contribution is -0.307. The second-order valence-electron chi connectivity index (χ2n) is 8.85. The zero-order valence-corrected chi connectivity index (χ0v) is 19.3. The largest absolute Gasteiger partial charge is 0.550 e. The van der Waals surface area contributed by atoms with Crippen LogP contribution in [0.15, 0.2) is 97.3 Å². The molecule has 0 saturated carbocycles. The Morgan fingerprint density at radius 3 is 2.14 bits per heavy atom. The Morgan fingerprint density at radius 2 is 1.49 bits per heavy atom. The van der Waals surface area contributed by atoms with E-state index in [0.29, 0.717) is 25.2 Å². The van der Waals surface area contributed by atoms with Gasteiger partial charge in [0.1, 0.15) is 0 Å². The molecule has 2 heterocycles. The first-order valence-electron chi connectivity index (χ1n) is 11.8. The molecule has 0 spiro atoms. The fourth-order valence-electron chi connectivity index (χ4n) is 5.07. The van der Waals surface area contributed by atoms with Crippen molar-refractivity contribution in [1.29, 1.82) is 0 Å². The zero-order chi connectivity index (χ0) is 24.2. The summed E-state index contributed by atoms with van der Waals surface area (Å²) >= 11 is 0. The molecule has 1 aliphatic rings. The van der Waals surface area contributed by atoms with Crippen molar-refractivity contribution in [3.63, 3.8) is 0 Å². The molecule has 1 atom stereocenters. The number of hydrogen-bond acceptors (Lipinski definition) is 5. The van der Waals surface area contributed by atoms with Gasteiger partial charge in [0.15, 0.2) is 0 Å². The summed E-state index contributed by atoms with van der Waals surface area (Å²) in [6, 6.07) is 27.3. The molecule has 0 N–H and O–H groups in total. The van der Waals surface area contributed by atoms with Gasteiger partial charge in [0, 0.05) is 55.8 Å². The van der Waals surface area contributed by atoms with E-state index in [2.05, 4.69) is 34.1 Å². The number of fused-ring (bicyclic) bond motifs is 1. The van der Waals surface area contributed by atoms with Gasteiger partial charge in [-0.15, -0.1) is 0 Å². The molecule has 6 nitrogen and oxygen atoms in total. The zero-order valence-electron chi connectivity index (χ0n) is 19.3. The summed E-state index contributed by atoms with van der Waals surface area (Å²) in [6.07, 6.45) is 3.18. The number of hydrogen-bond donors (Lipinski definition) is 0. The monoisotopic (exact) mass is 464 g/mol. The van der Waals surface area contributed by atoms with Gasteiger partial charge in [0.25, 0.3) is 5.91 Å². The minimum absolute atomic E-state index is 0.127. The number of carboxylic acid groups (broad SMARTS) is 1. The number of benzene rings is 3. The molecule has 1 aliphatic heterocycles. The van der Waals surface area contributed by atoms with Crippen molar-refractivity contribution in [2.24, 2.45) is 0 Å². The third kappa shape index (κ3) is 4.79. The summed E-state index contributed by atoms with van der Waals surface area (Å²) in [6.45, 7) is 1.32. The van der Waals surface area contributed by atoms with E-state index >= 15 is 0 Å². The smallest absolute Gasteiger partial charge is 0.256 e. The first-order chi connectivity index (χ1) is 17.1. The van der Waals surface area contributed by atoms with Gasteiger partial charge in [-0.25, -0.2) is 0 Å². The molecule has 6 heteroatoms. The number of rotatable bonds is 6. The predicted molar refractivity (Wildman–Crippen MR) is 132 cm³/mol. The van der Waals surface area contributed by atoms with Crippen molar-refractivity contribution in [3.8, 4) is 0 Å². The van der Waals surface area contributed by atoms with Gasteiger partial charge in [0.05, 0.1) is 11.6 Å². The number of aromatic nitrogens is 1. The minimum Gasteiger partial charge on any atom is -0.550 e. The summed E-state index contributed by atoms with van der Waals surface area (Å²) in [7, 11) is 0. The van der Waals surface area contributed by atoms with E-state index in [4.69, 9.17) is 0 Å². The molecule has 1 aromatic heterocycles. The highest BCUT2D eigenvalue weighted by Crippen LogP contribution is 2.33. The fourth-order valence-corrected chi connectivity index (χ4v) is 5.07. The van der Waals surface area contributed by atoms with Crippen molar-refractivity contribution >= 4 is 22.6 Å². The quantitative estimate of drug-likeness (QED) is 0.438. The molecule has 35 heavy (non-hydrogen) atoms. The summed E-state index contributed by atoms with van der Waals surface area (Å²) < 4.78 is 0. The highest BCUT2D eigenvalue weighted by molar-refractivity contribution is 6.06. The van der Waals surface area contributed by atoms with Crippen LogP contribution in [0.25, 0.3) is 10.8 Å². The molecule has 0 aliphatic carbocycles. The Balaban J connectivity index is 1.48. The van der Waals surface area contributed by atoms with Gasteiger partial charge in [-0.05, 0) is 16.5 Å². The Hall–Kier alpha value is -4.03. The molecule has 3 aromatic carbocycles. The first-order valence-corrected chi connectivity index (χ1v) is 11.8. The topological polar surface area (TPSA) is 76.6 Å². The van der Waals surface area contributed by atoms with Gasteiger partial charge < -0.3 is 14.8 Å². The Kier molecular flexibility index (Phi) is 6.55. The lowest BCUT2D eigenvalue weighted by Crippen LogP contribution is -2.57. The van der Waals surface area contributed by atoms with E-state index in [1.807, 2.05) is 60.7 Å². The fraction of sp³-hybridized carbons (Fsp3) is 0.207. The molecular weight excluding hydrogens is 438 g/mol. The van der Waals surface area contributed by atoms with E-state index in [9.17, 15) is 14.7 Å². The Labute approximate surface area is 204 Å². The SMILES string of the molecule is O=C([O-])CC1CN(C(=O)c2cncc3ccccc23)CCN1C(c1ccccc1)c1ccccc1. The lowest BCUT2D eigenvalue weighted by atomic mass is 9.93. The first kappa shape index (κ1) is 22.7. The van der Waals surface area contributed by atoms with Crippen molar-refractivity contribution < 1.29 is 14.7 Å². The number of carbonyl (C=O) groups is 2. The lowest BCUT2D eigenvalue weighted by Gasteiger charge is -2.46. The molecule has 1 fully saturated rings. The summed E-state index contributed by atoms with van der Waals surface area (Å²) in [4.78, 5) is 33.6. The summed E-state index contributed by atoms with van der Waals surface area (Å²) in [5.41, 5.74) is 2.70. The number of aliphatic carboxylic acids is 1. The third-order valence-electron chi connectivity index (χ3n) is 6.68. The molecule has 4 aromatic rings. The minimum atomic E-state index is -1.12. The van der Waals surface area contributed by atoms with Gasteiger partial charge in [-0.3, -0.25) is 14.7 Å². The van der Waals surface area contributed by atoms with Crippen molar-refractivity contribution in [1.82, 2.24) is 14.8 Å². The van der Waals surface area contributed by atoms with E-state index in [1.54, 1.807) is 17.3 Å². The molecule has 0 radical (unpaired) electrons. The average Bonchev–Trinajstić information content (AvgIpc) is 2.90. The average molecular weight is 465 g/mol. The maximum absolute atomic E-state index is 13.6. The molecule has 1 saturated heterocycles. The second kappa shape index (κ2) is 10.1. The Morgan fingerprint density at radius 1 is 0.857 bits per heavy atom. The van der Waals surface area contributed by atoms with Gasteiger partial charge >= 0.3 is 0 Å². The van der Waals surface area contributed by atoms with E-state index in [-0.39, 0.29) is 18.4 Å². The van der Waals surface area contributed by atoms with Crippen LogP contribution in [0.1, 0.15) is 33.9 Å². The second-order valence-corrected chi connectivity index (χ2v) is 8.85. The van der Waals surface area contributed by atoms with Crippen molar-refractivity contribution in [2.75, 3.05) is 19.6 Å². The molecule has 0 bridgehead atoms. The van der Waals surface area contributed by atoms with Gasteiger partial charge in [-0.1, -0.05) is 84.9 Å². The van der Waals surface area contributed by atoms with Crippen molar-refractivity contribution in [3.05, 3.63) is 114 Å². The van der Waals surface area contributed by atoms with Gasteiger partial charge in [0.2, 0.25) is 0 Å². The van der Waals surface area contributed by atoms with E-state index in [1.165, 1.54) is 0 Å². The van der Waals surface area contributed by atoms with Gasteiger partial charge in [-0.2, -0.15) is 0 Å². The number of carboxylic acids is 1. The molecule has 5 rings (SSSR count). The van der Waals surface area contributed by atoms with Crippen LogP contribution in [0.3, 0.4) is 0 Å². The maximum atomic E-state index is 13.6. The number of piperazine rings is 1. The summed E-state index contributed by atoms with van der Waals surface area (Å²) in [5, 5.41) is 13.5. The van der Waals surface area contributed by atoms with E-state index in [0.717, 1.165) is 21.9 Å². The normalized spacial score (nSPS) is 16.5. The molecule has 176 valence electrons. The number of nitrogens with zero attached hydrogens (tertiary/aromatic N) is 3. The van der Waals surface area contributed by atoms with Crippen molar-refractivity contribution in [2.45, 2.75) is 18.5 Å². The third-order valence-corrected chi connectivity index (χ3v) is 6.68. The highest BCUT2D eigenvalue weighted by atomic mass is 16.4. The summed E-state index contributed by atoms with van der Waals surface area (Å²) in [5.74, 6) is -1.26. The predicted octanol–water partition coefficient (Wildman–Crippen LogP) is 3.29. The van der Waals surface area contributed by atoms with Crippen LogP contribution < -0.4 is 5.11 Å². The van der Waals surface area contributed by atoms with Crippen LogP contribution in [-0.4, -0.2) is 52.3 Å². The van der Waals surface area contributed by atoms with Crippen LogP contribution >= 0.6 is 0 Å². The van der Waals surface area contributed by atoms with Crippen LogP contribution in [0.2, 0.25) is 0 Å². The standard InChI is InChI=1S/C29H27N3O3/c33-27(34)17-24-20-31(29(35)26-19-30-18-23-13-7-8-14-25(23)26)15-16-32(24)28(21-9-3-1-4-10-21)22-11-5-2-6-12-22/h1-14,18-19,24,28H,15-17,20H2,(H,33,34)/p-1. The van der Waals surface area contributed by atoms with Crippen LogP contribution in [0, 0.1) is 0 Å². The molecule has 1 unspecified atom stereocenters.